The highest BCUT2D eigenvalue weighted by Crippen LogP contribution is 2.22. The summed E-state index contributed by atoms with van der Waals surface area (Å²) in [5.74, 6) is -2.11. The highest BCUT2D eigenvalue weighted by Gasteiger charge is 2.26. The lowest BCUT2D eigenvalue weighted by Crippen LogP contribution is -2.32. The van der Waals surface area contributed by atoms with Gasteiger partial charge in [-0.25, -0.2) is 17.6 Å². The lowest BCUT2D eigenvalue weighted by molar-refractivity contribution is -0.119. The highest BCUT2D eigenvalue weighted by molar-refractivity contribution is 7.89. The van der Waals surface area contributed by atoms with Gasteiger partial charge in [-0.2, -0.15) is 4.31 Å². The van der Waals surface area contributed by atoms with Crippen molar-refractivity contribution in [2.24, 2.45) is 0 Å². The van der Waals surface area contributed by atoms with Crippen LogP contribution in [0.2, 0.25) is 5.02 Å². The van der Waals surface area contributed by atoms with E-state index in [1.165, 1.54) is 40.7 Å². The minimum atomic E-state index is -3.72. The van der Waals surface area contributed by atoms with Gasteiger partial charge in [0.15, 0.2) is 6.61 Å². The molecule has 3 rings (SSSR count). The number of amides is 1. The van der Waals surface area contributed by atoms with Crippen molar-refractivity contribution >= 4 is 39.2 Å². The van der Waals surface area contributed by atoms with Gasteiger partial charge in [0, 0.05) is 18.8 Å². The van der Waals surface area contributed by atoms with Gasteiger partial charge in [-0.05, 0) is 49.2 Å². The van der Waals surface area contributed by atoms with Crippen LogP contribution < -0.4 is 5.32 Å². The number of halogens is 2. The van der Waals surface area contributed by atoms with Gasteiger partial charge < -0.3 is 10.1 Å². The molecule has 2 aromatic rings. The maximum atomic E-state index is 13.2. The fraction of sp³-hybridized carbons (Fsp3) is 0.333. The molecule has 0 bridgehead atoms. The Morgan fingerprint density at radius 3 is 2.45 bits per heavy atom. The molecule has 2 aromatic carbocycles. The first-order valence-electron chi connectivity index (χ1n) is 9.79. The van der Waals surface area contributed by atoms with E-state index in [1.54, 1.807) is 0 Å². The van der Waals surface area contributed by atoms with E-state index in [9.17, 15) is 22.4 Å². The molecule has 0 saturated carbocycles. The maximum absolute atomic E-state index is 13.2. The van der Waals surface area contributed by atoms with Crippen molar-refractivity contribution in [3.63, 3.8) is 0 Å². The molecular weight excluding hydrogens is 447 g/mol. The number of sulfonamides is 1. The predicted octanol–water partition coefficient (Wildman–Crippen LogP) is 3.84. The number of carbonyl (C=O) groups is 2. The molecule has 1 heterocycles. The van der Waals surface area contributed by atoms with Crippen LogP contribution in [0.25, 0.3) is 0 Å². The molecule has 0 unspecified atom stereocenters. The summed E-state index contributed by atoms with van der Waals surface area (Å²) in [6, 6.07) is 9.21. The van der Waals surface area contributed by atoms with Crippen molar-refractivity contribution in [3.8, 4) is 0 Å². The van der Waals surface area contributed by atoms with Gasteiger partial charge >= 0.3 is 5.97 Å². The Morgan fingerprint density at radius 2 is 1.77 bits per heavy atom. The first kappa shape index (κ1) is 23.2. The number of ether oxygens (including phenoxy) is 1. The minimum Gasteiger partial charge on any atom is -0.452 e. The molecule has 1 aliphatic rings. The zero-order chi connectivity index (χ0) is 22.4. The van der Waals surface area contributed by atoms with E-state index in [1.807, 2.05) is 0 Å². The second kappa shape index (κ2) is 10.2. The number of esters is 1. The van der Waals surface area contributed by atoms with E-state index in [0.717, 1.165) is 31.7 Å². The van der Waals surface area contributed by atoms with E-state index in [-0.39, 0.29) is 21.2 Å². The van der Waals surface area contributed by atoms with Crippen LogP contribution in [0.5, 0.6) is 0 Å². The summed E-state index contributed by atoms with van der Waals surface area (Å²) in [6.07, 6.45) is 3.58. The zero-order valence-corrected chi connectivity index (χ0v) is 18.2. The number of hydrogen-bond acceptors (Lipinski definition) is 5. The first-order chi connectivity index (χ1) is 14.8. The molecule has 1 N–H and O–H groups in total. The standard InChI is InChI=1S/C21H22ClFN2O5S/c22-18-13-16(8-9-19(18)23)24-20(26)14-30-21(27)15-6-5-7-17(12-15)31(28,29)25-10-3-1-2-4-11-25/h5-9,12-13H,1-4,10-11,14H2,(H,24,26). The van der Waals surface area contributed by atoms with Gasteiger partial charge in [0.1, 0.15) is 5.82 Å². The van der Waals surface area contributed by atoms with Gasteiger partial charge in [-0.15, -0.1) is 0 Å². The first-order valence-corrected chi connectivity index (χ1v) is 11.6. The van der Waals surface area contributed by atoms with E-state index >= 15 is 0 Å². The molecular formula is C21H22ClFN2O5S. The third kappa shape index (κ3) is 6.03. The molecule has 0 aliphatic carbocycles. The fourth-order valence-electron chi connectivity index (χ4n) is 3.20. The molecule has 0 aromatic heterocycles. The monoisotopic (exact) mass is 468 g/mol. The Labute approximate surface area is 185 Å². The van der Waals surface area contributed by atoms with Crippen LogP contribution in [0.4, 0.5) is 10.1 Å². The summed E-state index contributed by atoms with van der Waals surface area (Å²) in [7, 11) is -3.72. The topological polar surface area (TPSA) is 92.8 Å². The van der Waals surface area contributed by atoms with Crippen molar-refractivity contribution in [1.29, 1.82) is 0 Å². The predicted molar refractivity (Wildman–Crippen MR) is 114 cm³/mol. The molecule has 0 atom stereocenters. The molecule has 31 heavy (non-hydrogen) atoms. The molecule has 1 saturated heterocycles. The van der Waals surface area contributed by atoms with Gasteiger partial charge in [-0.1, -0.05) is 30.5 Å². The Hall–Kier alpha value is -2.49. The lowest BCUT2D eigenvalue weighted by Gasteiger charge is -2.20. The van der Waals surface area contributed by atoms with Crippen molar-refractivity contribution in [3.05, 3.63) is 58.9 Å². The van der Waals surface area contributed by atoms with Crippen LogP contribution in [0.15, 0.2) is 47.4 Å². The number of benzene rings is 2. The Morgan fingerprint density at radius 1 is 1.06 bits per heavy atom. The second-order valence-corrected chi connectivity index (χ2v) is 9.44. The molecule has 10 heteroatoms. The van der Waals surface area contributed by atoms with E-state index in [0.29, 0.717) is 13.1 Å². The van der Waals surface area contributed by atoms with E-state index in [2.05, 4.69) is 5.32 Å². The SMILES string of the molecule is O=C(COC(=O)c1cccc(S(=O)(=O)N2CCCCCC2)c1)Nc1ccc(F)c(Cl)c1. The molecule has 1 fully saturated rings. The number of rotatable bonds is 6. The second-order valence-electron chi connectivity index (χ2n) is 7.10. The molecule has 0 radical (unpaired) electrons. The normalized spacial score (nSPS) is 15.2. The third-order valence-corrected chi connectivity index (χ3v) is 6.99. The Balaban J connectivity index is 1.63. The molecule has 166 valence electrons. The number of carbonyl (C=O) groups excluding carboxylic acids is 2. The quantitative estimate of drug-likeness (QED) is 0.650. The van der Waals surface area contributed by atoms with Crippen LogP contribution in [-0.4, -0.2) is 44.3 Å². The van der Waals surface area contributed by atoms with Gasteiger partial charge in [0.25, 0.3) is 5.91 Å². The van der Waals surface area contributed by atoms with Crippen LogP contribution in [-0.2, 0) is 19.6 Å². The summed E-state index contributed by atoms with van der Waals surface area (Å²) < 4.78 is 45.4. The third-order valence-electron chi connectivity index (χ3n) is 4.81. The fourth-order valence-corrected chi connectivity index (χ4v) is 4.94. The number of anilines is 1. The minimum absolute atomic E-state index is 0.00857. The van der Waals surface area contributed by atoms with Crippen LogP contribution in [0, 0.1) is 5.82 Å². The van der Waals surface area contributed by atoms with Crippen molar-refractivity contribution in [2.45, 2.75) is 30.6 Å². The maximum Gasteiger partial charge on any atom is 0.338 e. The van der Waals surface area contributed by atoms with Gasteiger partial charge in [0.05, 0.1) is 15.5 Å². The molecule has 0 spiro atoms. The highest BCUT2D eigenvalue weighted by atomic mass is 35.5. The number of hydrogen-bond donors (Lipinski definition) is 1. The zero-order valence-electron chi connectivity index (χ0n) is 16.6. The summed E-state index contributed by atoms with van der Waals surface area (Å²) in [6.45, 7) is 0.298. The van der Waals surface area contributed by atoms with Crippen molar-refractivity contribution < 1.29 is 27.1 Å². The average molecular weight is 469 g/mol. The summed E-state index contributed by atoms with van der Waals surface area (Å²) in [5, 5.41) is 2.28. The van der Waals surface area contributed by atoms with Crippen LogP contribution in [0.3, 0.4) is 0 Å². The number of nitrogens with one attached hydrogen (secondary N) is 1. The summed E-state index contributed by atoms with van der Waals surface area (Å²) >= 11 is 5.66. The number of nitrogens with zero attached hydrogens (tertiary/aromatic N) is 1. The van der Waals surface area contributed by atoms with Crippen LogP contribution in [0.1, 0.15) is 36.0 Å². The molecule has 1 aliphatic heterocycles. The van der Waals surface area contributed by atoms with E-state index in [4.69, 9.17) is 16.3 Å². The van der Waals surface area contributed by atoms with Crippen LogP contribution >= 0.6 is 11.6 Å². The van der Waals surface area contributed by atoms with Crippen molar-refractivity contribution in [1.82, 2.24) is 4.31 Å². The van der Waals surface area contributed by atoms with Gasteiger partial charge in [-0.3, -0.25) is 4.79 Å². The molecule has 1 amide bonds. The summed E-state index contributed by atoms with van der Waals surface area (Å²) in [4.78, 5) is 24.3. The van der Waals surface area contributed by atoms with Crippen molar-refractivity contribution in [2.75, 3.05) is 25.0 Å². The summed E-state index contributed by atoms with van der Waals surface area (Å²) in [5.41, 5.74) is 0.270. The smallest absolute Gasteiger partial charge is 0.338 e. The average Bonchev–Trinajstić information content (AvgIpc) is 3.05. The molecule has 7 nitrogen and oxygen atoms in total. The van der Waals surface area contributed by atoms with Gasteiger partial charge in [0.2, 0.25) is 10.0 Å². The lowest BCUT2D eigenvalue weighted by atomic mass is 10.2. The Kier molecular flexibility index (Phi) is 7.64. The largest absolute Gasteiger partial charge is 0.452 e. The van der Waals surface area contributed by atoms with E-state index < -0.39 is 34.3 Å². The Bertz CT molecular complexity index is 1070.